The summed E-state index contributed by atoms with van der Waals surface area (Å²) in [6.45, 7) is 0. The zero-order chi connectivity index (χ0) is 13.2. The van der Waals surface area contributed by atoms with Crippen molar-refractivity contribution in [1.82, 2.24) is 0 Å². The summed E-state index contributed by atoms with van der Waals surface area (Å²) in [6, 6.07) is 15.8. The van der Waals surface area contributed by atoms with E-state index >= 15 is 0 Å². The van der Waals surface area contributed by atoms with Gasteiger partial charge in [-0.1, -0.05) is 41.6 Å². The Kier molecular flexibility index (Phi) is 2.76. The van der Waals surface area contributed by atoms with Crippen LogP contribution in [0.3, 0.4) is 0 Å². The second-order valence-corrected chi connectivity index (χ2v) is 4.20. The minimum Gasteiger partial charge on any atom is -0.398 e. The van der Waals surface area contributed by atoms with E-state index in [9.17, 15) is 4.79 Å². The van der Waals surface area contributed by atoms with Crippen LogP contribution in [-0.2, 0) is 9.63 Å². The van der Waals surface area contributed by atoms with E-state index in [1.54, 1.807) is 0 Å². The van der Waals surface area contributed by atoms with Crippen molar-refractivity contribution in [2.24, 2.45) is 5.16 Å². The molecule has 1 amide bonds. The molecule has 1 aliphatic heterocycles. The van der Waals surface area contributed by atoms with Gasteiger partial charge in [0.25, 0.3) is 5.91 Å². The van der Waals surface area contributed by atoms with Crippen LogP contribution in [0.5, 0.6) is 0 Å². The Balaban J connectivity index is 2.10. The third-order valence-corrected chi connectivity index (χ3v) is 3.03. The van der Waals surface area contributed by atoms with Gasteiger partial charge in [-0.15, -0.1) is 0 Å². The first-order valence-corrected chi connectivity index (χ1v) is 5.92. The number of nitrogens with zero attached hydrogens (tertiary/aromatic N) is 1. The fraction of sp³-hybridized carbons (Fsp3) is 0.0667. The molecule has 1 aliphatic rings. The van der Waals surface area contributed by atoms with Crippen LogP contribution in [0.2, 0.25) is 0 Å². The number of anilines is 1. The van der Waals surface area contributed by atoms with Gasteiger partial charge in [0.1, 0.15) is 7.11 Å². The molecule has 3 rings (SSSR count). The Labute approximate surface area is 110 Å². The number of benzene rings is 2. The van der Waals surface area contributed by atoms with Crippen LogP contribution in [0.1, 0.15) is 5.56 Å². The maximum absolute atomic E-state index is 11.7. The Hall–Kier alpha value is -2.62. The molecule has 2 aromatic carbocycles. The number of rotatable bonds is 2. The number of amides is 1. The van der Waals surface area contributed by atoms with Gasteiger partial charge in [-0.3, -0.25) is 4.79 Å². The molecular weight excluding hydrogens is 240 g/mol. The number of carbonyl (C=O) groups excluding carboxylic acids is 1. The lowest BCUT2D eigenvalue weighted by Gasteiger charge is -2.04. The maximum Gasteiger partial charge on any atom is 0.278 e. The van der Waals surface area contributed by atoms with Crippen LogP contribution in [0.25, 0.3) is 11.1 Å². The van der Waals surface area contributed by atoms with E-state index in [-0.39, 0.29) is 5.91 Å². The number of hydrogen-bond acceptors (Lipinski definition) is 3. The van der Waals surface area contributed by atoms with Crippen molar-refractivity contribution in [1.29, 1.82) is 0 Å². The Morgan fingerprint density at radius 2 is 1.84 bits per heavy atom. The van der Waals surface area contributed by atoms with E-state index in [2.05, 4.69) is 10.5 Å². The largest absolute Gasteiger partial charge is 0.398 e. The Bertz CT molecular complexity index is 663. The molecule has 94 valence electrons. The summed E-state index contributed by atoms with van der Waals surface area (Å²) in [5, 5.41) is 6.55. The number of carbonyl (C=O) groups is 1. The lowest BCUT2D eigenvalue weighted by Crippen LogP contribution is -2.14. The first kappa shape index (κ1) is 11.5. The first-order valence-electron chi connectivity index (χ1n) is 5.92. The van der Waals surface area contributed by atoms with Crippen LogP contribution in [0.15, 0.2) is 53.7 Å². The molecule has 4 heteroatoms. The van der Waals surface area contributed by atoms with Crippen LogP contribution in [0.4, 0.5) is 5.69 Å². The predicted molar refractivity (Wildman–Crippen MR) is 74.1 cm³/mol. The summed E-state index contributed by atoms with van der Waals surface area (Å²) >= 11 is 0. The Morgan fingerprint density at radius 1 is 1.05 bits per heavy atom. The lowest BCUT2D eigenvalue weighted by molar-refractivity contribution is -0.110. The van der Waals surface area contributed by atoms with Crippen LogP contribution >= 0.6 is 0 Å². The first-order chi connectivity index (χ1) is 9.29. The van der Waals surface area contributed by atoms with Crippen LogP contribution in [-0.4, -0.2) is 18.7 Å². The van der Waals surface area contributed by atoms with Gasteiger partial charge in [-0.05, 0) is 23.3 Å². The average molecular weight is 252 g/mol. The maximum atomic E-state index is 11.7. The highest BCUT2D eigenvalue weighted by Gasteiger charge is 2.27. The van der Waals surface area contributed by atoms with Crippen LogP contribution in [0, 0.1) is 0 Å². The quantitative estimate of drug-likeness (QED) is 0.835. The van der Waals surface area contributed by atoms with Gasteiger partial charge in [-0.2, -0.15) is 0 Å². The van der Waals surface area contributed by atoms with E-state index in [4.69, 9.17) is 4.84 Å². The third kappa shape index (κ3) is 1.97. The fourth-order valence-corrected chi connectivity index (χ4v) is 2.15. The van der Waals surface area contributed by atoms with Crippen molar-refractivity contribution in [3.05, 3.63) is 54.1 Å². The fourth-order valence-electron chi connectivity index (χ4n) is 2.15. The summed E-state index contributed by atoms with van der Waals surface area (Å²) < 4.78 is 0. The topological polar surface area (TPSA) is 50.7 Å². The van der Waals surface area contributed by atoms with Crippen molar-refractivity contribution in [2.45, 2.75) is 0 Å². The van der Waals surface area contributed by atoms with E-state index < -0.39 is 0 Å². The molecule has 0 aromatic heterocycles. The predicted octanol–water partition coefficient (Wildman–Crippen LogP) is 2.66. The van der Waals surface area contributed by atoms with E-state index in [1.165, 1.54) is 7.11 Å². The zero-order valence-corrected chi connectivity index (χ0v) is 10.4. The number of nitrogens with one attached hydrogen (secondary N) is 1. The molecule has 0 aliphatic carbocycles. The normalized spacial score (nSPS) is 15.2. The SMILES string of the molecule is CO/N=C1/C(=O)Nc2ccc(-c3ccccc3)cc21. The minimum absolute atomic E-state index is 0.234. The molecule has 0 bridgehead atoms. The molecule has 0 spiro atoms. The summed E-state index contributed by atoms with van der Waals surface area (Å²) in [5.41, 5.74) is 3.99. The van der Waals surface area contributed by atoms with Crippen molar-refractivity contribution < 1.29 is 9.63 Å². The molecule has 1 N–H and O–H groups in total. The Morgan fingerprint density at radius 3 is 2.58 bits per heavy atom. The molecule has 0 atom stereocenters. The summed E-state index contributed by atoms with van der Waals surface area (Å²) in [5.74, 6) is -0.234. The molecule has 0 radical (unpaired) electrons. The second kappa shape index (κ2) is 4.57. The summed E-state index contributed by atoms with van der Waals surface area (Å²) in [7, 11) is 1.43. The van der Waals surface area contributed by atoms with Crippen molar-refractivity contribution in [3.8, 4) is 11.1 Å². The standard InChI is InChI=1S/C15H12N2O2/c1-19-17-14-12-9-11(10-5-3-2-4-6-10)7-8-13(12)16-15(14)18/h2-9H,1H3,(H,16,17,18). The van der Waals surface area contributed by atoms with Gasteiger partial charge in [0.15, 0.2) is 5.71 Å². The van der Waals surface area contributed by atoms with Crippen molar-refractivity contribution >= 4 is 17.3 Å². The van der Waals surface area contributed by atoms with Gasteiger partial charge >= 0.3 is 0 Å². The number of fused-ring (bicyclic) bond motifs is 1. The lowest BCUT2D eigenvalue weighted by atomic mass is 10.0. The van der Waals surface area contributed by atoms with E-state index in [0.717, 1.165) is 22.4 Å². The smallest absolute Gasteiger partial charge is 0.278 e. The van der Waals surface area contributed by atoms with Gasteiger partial charge in [0, 0.05) is 5.56 Å². The molecule has 0 saturated heterocycles. The molecule has 2 aromatic rings. The number of oxime groups is 1. The molecule has 0 fully saturated rings. The van der Waals surface area contributed by atoms with Crippen molar-refractivity contribution in [2.75, 3.05) is 12.4 Å². The molecule has 1 heterocycles. The monoisotopic (exact) mass is 252 g/mol. The second-order valence-electron chi connectivity index (χ2n) is 4.20. The molecule has 4 nitrogen and oxygen atoms in total. The minimum atomic E-state index is -0.234. The molecule has 0 unspecified atom stereocenters. The van der Waals surface area contributed by atoms with E-state index in [1.807, 2.05) is 48.5 Å². The van der Waals surface area contributed by atoms with Gasteiger partial charge in [0.05, 0.1) is 5.69 Å². The van der Waals surface area contributed by atoms with Crippen molar-refractivity contribution in [3.63, 3.8) is 0 Å². The summed E-state index contributed by atoms with van der Waals surface area (Å²) in [4.78, 5) is 16.5. The average Bonchev–Trinajstić information content (AvgIpc) is 2.76. The highest BCUT2D eigenvalue weighted by molar-refractivity contribution is 6.53. The zero-order valence-electron chi connectivity index (χ0n) is 10.4. The number of hydrogen-bond donors (Lipinski definition) is 1. The molecule has 19 heavy (non-hydrogen) atoms. The van der Waals surface area contributed by atoms with Gasteiger partial charge in [-0.25, -0.2) is 0 Å². The van der Waals surface area contributed by atoms with Gasteiger partial charge in [0.2, 0.25) is 0 Å². The highest BCUT2D eigenvalue weighted by Crippen LogP contribution is 2.29. The van der Waals surface area contributed by atoms with Gasteiger partial charge < -0.3 is 10.2 Å². The summed E-state index contributed by atoms with van der Waals surface area (Å²) in [6.07, 6.45) is 0. The third-order valence-electron chi connectivity index (χ3n) is 3.03. The molecular formula is C15H12N2O2. The molecule has 0 saturated carbocycles. The highest BCUT2D eigenvalue weighted by atomic mass is 16.6. The van der Waals surface area contributed by atoms with Crippen LogP contribution < -0.4 is 5.32 Å². The van der Waals surface area contributed by atoms with E-state index in [0.29, 0.717) is 5.71 Å².